The molecule has 4 fully saturated rings. The van der Waals surface area contributed by atoms with E-state index < -0.39 is 17.6 Å². The molecule has 1 aliphatic heterocycles. The first-order valence-electron chi connectivity index (χ1n) is 17.5. The number of benzene rings is 1. The highest BCUT2D eigenvalue weighted by atomic mass is 16.6. The molecule has 6 heteroatoms. The Morgan fingerprint density at radius 3 is 2.38 bits per heavy atom. The summed E-state index contributed by atoms with van der Waals surface area (Å²) in [6.45, 7) is 19.1. The number of rotatable bonds is 6. The van der Waals surface area contributed by atoms with Gasteiger partial charge in [0, 0.05) is 17.8 Å². The van der Waals surface area contributed by atoms with Crippen LogP contribution in [-0.2, 0) is 30.4 Å². The van der Waals surface area contributed by atoms with Crippen LogP contribution in [0, 0.1) is 56.7 Å². The van der Waals surface area contributed by atoms with Crippen LogP contribution in [0.1, 0.15) is 99.5 Å². The Morgan fingerprint density at radius 2 is 1.71 bits per heavy atom. The molecule has 0 spiro atoms. The van der Waals surface area contributed by atoms with Crippen molar-refractivity contribution in [2.24, 2.45) is 56.7 Å². The molecule has 1 aromatic rings. The molecule has 1 unspecified atom stereocenters. The minimum absolute atomic E-state index is 0.0599. The van der Waals surface area contributed by atoms with Crippen molar-refractivity contribution in [2.75, 3.05) is 13.2 Å². The summed E-state index contributed by atoms with van der Waals surface area (Å²) in [5.74, 6) is 0.698. The van der Waals surface area contributed by atoms with E-state index in [9.17, 15) is 14.7 Å². The van der Waals surface area contributed by atoms with E-state index in [-0.39, 0.29) is 51.4 Å². The minimum atomic E-state index is -0.752. The Hall–Kier alpha value is -2.18. The predicted molar refractivity (Wildman–Crippen MR) is 174 cm³/mol. The molecule has 6 nitrogen and oxygen atoms in total. The first-order chi connectivity index (χ1) is 21.1. The fourth-order valence-corrected chi connectivity index (χ4v) is 11.7. The van der Waals surface area contributed by atoms with Gasteiger partial charge >= 0.3 is 11.9 Å². The van der Waals surface area contributed by atoms with E-state index in [0.29, 0.717) is 38.1 Å². The molecule has 2 bridgehead atoms. The molecule has 1 N–H and O–H groups in total. The second-order valence-corrected chi connectivity index (χ2v) is 16.9. The number of hydrogen-bond donors (Lipinski definition) is 1. The lowest BCUT2D eigenvalue weighted by molar-refractivity contribution is -0.257. The molecule has 45 heavy (non-hydrogen) atoms. The molecule has 1 saturated heterocycles. The van der Waals surface area contributed by atoms with Crippen molar-refractivity contribution >= 4 is 11.9 Å². The maximum atomic E-state index is 14.6. The van der Waals surface area contributed by atoms with E-state index in [1.165, 1.54) is 12.5 Å². The Balaban J connectivity index is 1.42. The molecule has 3 saturated carbocycles. The summed E-state index contributed by atoms with van der Waals surface area (Å²) < 4.78 is 18.5. The van der Waals surface area contributed by atoms with Crippen LogP contribution >= 0.6 is 0 Å². The average Bonchev–Trinajstić information content (AvgIpc) is 2.99. The van der Waals surface area contributed by atoms with Gasteiger partial charge in [-0.2, -0.15) is 0 Å². The van der Waals surface area contributed by atoms with E-state index in [0.717, 1.165) is 37.7 Å². The number of allylic oxidation sites excluding steroid dienone is 1. The van der Waals surface area contributed by atoms with E-state index >= 15 is 0 Å². The first-order valence-corrected chi connectivity index (χ1v) is 17.5. The van der Waals surface area contributed by atoms with Crippen LogP contribution in [-0.4, -0.2) is 42.5 Å². The third-order valence-corrected chi connectivity index (χ3v) is 14.6. The smallest absolute Gasteiger partial charge is 0.310 e. The molecule has 0 amide bonds. The Labute approximate surface area is 270 Å². The normalized spacial score (nSPS) is 44.5. The van der Waals surface area contributed by atoms with Crippen molar-refractivity contribution in [3.8, 4) is 0 Å². The van der Waals surface area contributed by atoms with Gasteiger partial charge in [0.2, 0.25) is 0 Å². The first kappa shape index (κ1) is 32.7. The zero-order valence-electron chi connectivity index (χ0n) is 28.9. The Bertz CT molecular complexity index is 1340. The van der Waals surface area contributed by atoms with E-state index in [1.807, 2.05) is 30.3 Å². The van der Waals surface area contributed by atoms with Crippen LogP contribution in [0.15, 0.2) is 42.0 Å². The summed E-state index contributed by atoms with van der Waals surface area (Å²) in [5.41, 5.74) is 1.07. The quantitative estimate of drug-likeness (QED) is 0.262. The summed E-state index contributed by atoms with van der Waals surface area (Å²) in [4.78, 5) is 26.7. The molecule has 1 aromatic carbocycles. The maximum absolute atomic E-state index is 14.6. The molecule has 0 aromatic heterocycles. The third kappa shape index (κ3) is 4.70. The predicted octanol–water partition coefficient (Wildman–Crippen LogP) is 7.53. The second-order valence-electron chi connectivity index (χ2n) is 16.9. The SMILES string of the molecule is CC(=O)O[C@@H]1C[C@@]23COCC(C)([C@H]1O)[C@@H]2CC[C@H]1C3=CC[C@@]2(C)[C@H](C(=O)OCc3ccccc3)[C@@](C)([C@H](C)C(C)C)CC[C@]12C. The van der Waals surface area contributed by atoms with Crippen LogP contribution < -0.4 is 0 Å². The van der Waals surface area contributed by atoms with Gasteiger partial charge < -0.3 is 19.3 Å². The highest BCUT2D eigenvalue weighted by molar-refractivity contribution is 5.75. The number of fused-ring (bicyclic) bond motifs is 3. The zero-order valence-corrected chi connectivity index (χ0v) is 28.9. The molecule has 5 aliphatic rings. The Morgan fingerprint density at radius 1 is 1.00 bits per heavy atom. The molecular formula is C39H56O6. The second kappa shape index (κ2) is 11.2. The number of esters is 2. The summed E-state index contributed by atoms with van der Waals surface area (Å²) in [5, 5.41) is 11.6. The molecule has 4 aliphatic carbocycles. The van der Waals surface area contributed by atoms with Gasteiger partial charge in [0.1, 0.15) is 12.7 Å². The van der Waals surface area contributed by atoms with Crippen molar-refractivity contribution in [1.82, 2.24) is 0 Å². The van der Waals surface area contributed by atoms with Crippen LogP contribution in [0.25, 0.3) is 0 Å². The van der Waals surface area contributed by atoms with Gasteiger partial charge in [0.05, 0.1) is 25.2 Å². The minimum Gasteiger partial charge on any atom is -0.461 e. The number of carbonyl (C=O) groups excluding carboxylic acids is 2. The van der Waals surface area contributed by atoms with E-state index in [4.69, 9.17) is 14.2 Å². The highest BCUT2D eigenvalue weighted by Crippen LogP contribution is 2.75. The zero-order chi connectivity index (χ0) is 32.6. The average molecular weight is 621 g/mol. The highest BCUT2D eigenvalue weighted by Gasteiger charge is 2.71. The molecule has 1 heterocycles. The summed E-state index contributed by atoms with van der Waals surface area (Å²) in [6, 6.07) is 10.0. The summed E-state index contributed by atoms with van der Waals surface area (Å²) in [7, 11) is 0. The lowest BCUT2D eigenvalue weighted by atomic mass is 9.34. The number of ether oxygens (including phenoxy) is 3. The third-order valence-electron chi connectivity index (χ3n) is 14.6. The monoisotopic (exact) mass is 620 g/mol. The van der Waals surface area contributed by atoms with Crippen molar-refractivity contribution in [2.45, 2.75) is 113 Å². The summed E-state index contributed by atoms with van der Waals surface area (Å²) in [6.07, 6.45) is 6.63. The van der Waals surface area contributed by atoms with E-state index in [1.54, 1.807) is 0 Å². The van der Waals surface area contributed by atoms with Gasteiger partial charge in [0.25, 0.3) is 0 Å². The van der Waals surface area contributed by atoms with Crippen molar-refractivity contribution in [3.05, 3.63) is 47.5 Å². The lowest BCUT2D eigenvalue weighted by Crippen LogP contribution is -2.70. The van der Waals surface area contributed by atoms with Gasteiger partial charge in [-0.3, -0.25) is 9.59 Å². The van der Waals surface area contributed by atoms with Crippen LogP contribution in [0.3, 0.4) is 0 Å². The van der Waals surface area contributed by atoms with Crippen LogP contribution in [0.5, 0.6) is 0 Å². The molecule has 6 rings (SSSR count). The lowest BCUT2D eigenvalue weighted by Gasteiger charge is -2.71. The fourth-order valence-electron chi connectivity index (χ4n) is 11.7. The standard InChI is InChI=1S/C39H56O6/c1-24(2)25(3)35(5)18-19-37(7)28-14-15-31-36(6)22-43-23-39(31,20-30(33(36)41)45-26(4)40)29(28)16-17-38(37,8)32(35)34(42)44-21-27-12-10-9-11-13-27/h9-13,16,24-25,28,30-33,41H,14-15,17-23H2,1-8H3/t25-,28+,30-,31+,32-,33+,35-,36?,37-,38+,39+/m1/s1. The summed E-state index contributed by atoms with van der Waals surface area (Å²) >= 11 is 0. The van der Waals surface area contributed by atoms with Crippen molar-refractivity contribution in [3.63, 3.8) is 0 Å². The molecule has 11 atom stereocenters. The van der Waals surface area contributed by atoms with Gasteiger partial charge in [0.15, 0.2) is 0 Å². The van der Waals surface area contributed by atoms with Gasteiger partial charge in [-0.25, -0.2) is 0 Å². The molecule has 248 valence electrons. The van der Waals surface area contributed by atoms with Crippen LogP contribution in [0.2, 0.25) is 0 Å². The fraction of sp³-hybridized carbons (Fsp3) is 0.744. The number of hydrogen-bond acceptors (Lipinski definition) is 6. The maximum Gasteiger partial charge on any atom is 0.310 e. The molecule has 0 radical (unpaired) electrons. The number of carbonyl (C=O) groups is 2. The van der Waals surface area contributed by atoms with Crippen molar-refractivity contribution in [1.29, 1.82) is 0 Å². The number of aliphatic hydroxyl groups is 1. The van der Waals surface area contributed by atoms with Gasteiger partial charge in [-0.15, -0.1) is 0 Å². The Kier molecular flexibility index (Phi) is 8.16. The van der Waals surface area contributed by atoms with E-state index in [2.05, 4.69) is 54.5 Å². The topological polar surface area (TPSA) is 82.1 Å². The van der Waals surface area contributed by atoms with Gasteiger partial charge in [-0.05, 0) is 84.0 Å². The molecular weight excluding hydrogens is 564 g/mol. The van der Waals surface area contributed by atoms with Crippen LogP contribution in [0.4, 0.5) is 0 Å². The largest absolute Gasteiger partial charge is 0.461 e. The van der Waals surface area contributed by atoms with Crippen molar-refractivity contribution < 1.29 is 28.9 Å². The van der Waals surface area contributed by atoms with Gasteiger partial charge in [-0.1, -0.05) is 90.4 Å². The number of aliphatic hydroxyl groups excluding tert-OH is 1.